The predicted octanol–water partition coefficient (Wildman–Crippen LogP) is 0.919. The Hall–Kier alpha value is -0.360. The lowest BCUT2D eigenvalue weighted by atomic mass is 9.96. The topological polar surface area (TPSA) is 50.8 Å². The zero-order chi connectivity index (χ0) is 13.2. The third-order valence-corrected chi connectivity index (χ3v) is 3.40. The molecule has 1 N–H and O–H groups in total. The van der Waals surface area contributed by atoms with Crippen LogP contribution in [0.4, 0.5) is 0 Å². The first-order valence-electron chi connectivity index (χ1n) is 6.75. The van der Waals surface area contributed by atoms with Crippen LogP contribution in [0, 0.1) is 5.92 Å². The van der Waals surface area contributed by atoms with E-state index in [0.29, 0.717) is 13.2 Å². The Morgan fingerprint density at radius 2 is 2.11 bits per heavy atom. The standard InChI is InChI=1S/C13H26N2O3.ClH/c1-15(13(16)11-14-6-10-17-2)7-3-12-4-8-18-9-5-12;/h12,14H,3-11H2,1-2H3;1H. The van der Waals surface area contributed by atoms with Crippen molar-refractivity contribution >= 4 is 18.3 Å². The van der Waals surface area contributed by atoms with Crippen molar-refractivity contribution in [2.75, 3.05) is 53.6 Å². The molecule has 0 unspecified atom stereocenters. The Kier molecular flexibility index (Phi) is 11.2. The normalized spacial score (nSPS) is 15.9. The number of carbonyl (C=O) groups excluding carboxylic acids is 1. The summed E-state index contributed by atoms with van der Waals surface area (Å²) in [6.07, 6.45) is 3.35. The van der Waals surface area contributed by atoms with Crippen molar-refractivity contribution in [2.24, 2.45) is 5.92 Å². The minimum Gasteiger partial charge on any atom is -0.383 e. The average Bonchev–Trinajstić information content (AvgIpc) is 2.42. The first-order chi connectivity index (χ1) is 8.74. The number of ether oxygens (including phenoxy) is 2. The van der Waals surface area contributed by atoms with Crippen molar-refractivity contribution < 1.29 is 14.3 Å². The highest BCUT2D eigenvalue weighted by atomic mass is 35.5. The lowest BCUT2D eigenvalue weighted by molar-refractivity contribution is -0.129. The summed E-state index contributed by atoms with van der Waals surface area (Å²) in [5.74, 6) is 0.869. The Balaban J connectivity index is 0.00000324. The van der Waals surface area contributed by atoms with Gasteiger partial charge >= 0.3 is 0 Å². The van der Waals surface area contributed by atoms with Crippen molar-refractivity contribution in [3.8, 4) is 0 Å². The average molecular weight is 295 g/mol. The lowest BCUT2D eigenvalue weighted by Crippen LogP contribution is -2.37. The molecule has 0 atom stereocenters. The molecule has 0 aromatic carbocycles. The van der Waals surface area contributed by atoms with E-state index in [4.69, 9.17) is 9.47 Å². The molecule has 0 aromatic heterocycles. The van der Waals surface area contributed by atoms with E-state index in [2.05, 4.69) is 5.32 Å². The monoisotopic (exact) mass is 294 g/mol. The zero-order valence-corrected chi connectivity index (χ0v) is 12.8. The maximum atomic E-state index is 11.8. The number of nitrogens with zero attached hydrogens (tertiary/aromatic N) is 1. The van der Waals surface area contributed by atoms with Gasteiger partial charge in [0.05, 0.1) is 13.2 Å². The van der Waals surface area contributed by atoms with Gasteiger partial charge < -0.3 is 19.7 Å². The summed E-state index contributed by atoms with van der Waals surface area (Å²) in [4.78, 5) is 13.6. The number of hydrogen-bond donors (Lipinski definition) is 1. The van der Waals surface area contributed by atoms with E-state index in [1.54, 1.807) is 7.11 Å². The number of nitrogens with one attached hydrogen (secondary N) is 1. The van der Waals surface area contributed by atoms with Crippen molar-refractivity contribution in [1.82, 2.24) is 10.2 Å². The Morgan fingerprint density at radius 1 is 1.42 bits per heavy atom. The third kappa shape index (κ3) is 8.42. The Bertz CT molecular complexity index is 236. The maximum Gasteiger partial charge on any atom is 0.236 e. The van der Waals surface area contributed by atoms with Gasteiger partial charge in [0, 0.05) is 40.5 Å². The molecule has 5 nitrogen and oxygen atoms in total. The molecule has 1 aliphatic heterocycles. The first kappa shape index (κ1) is 18.6. The third-order valence-electron chi connectivity index (χ3n) is 3.40. The van der Waals surface area contributed by atoms with Crippen molar-refractivity contribution in [1.29, 1.82) is 0 Å². The molecule has 1 aliphatic rings. The molecule has 1 amide bonds. The molecule has 1 saturated heterocycles. The smallest absolute Gasteiger partial charge is 0.236 e. The predicted molar refractivity (Wildman–Crippen MR) is 77.8 cm³/mol. The zero-order valence-electron chi connectivity index (χ0n) is 12.0. The van der Waals surface area contributed by atoms with Gasteiger partial charge in [0.15, 0.2) is 0 Å². The van der Waals surface area contributed by atoms with Gasteiger partial charge in [-0.05, 0) is 25.2 Å². The molecule has 0 aliphatic carbocycles. The van der Waals surface area contributed by atoms with Crippen LogP contribution in [0.5, 0.6) is 0 Å². The molecule has 114 valence electrons. The molecule has 19 heavy (non-hydrogen) atoms. The molecule has 0 saturated carbocycles. The van der Waals surface area contributed by atoms with Crippen LogP contribution in [0.1, 0.15) is 19.3 Å². The summed E-state index contributed by atoms with van der Waals surface area (Å²) in [7, 11) is 3.53. The van der Waals surface area contributed by atoms with Gasteiger partial charge in [-0.25, -0.2) is 0 Å². The van der Waals surface area contributed by atoms with E-state index in [1.807, 2.05) is 11.9 Å². The number of halogens is 1. The maximum absolute atomic E-state index is 11.8. The number of likely N-dealkylation sites (N-methyl/N-ethyl adjacent to an activating group) is 1. The van der Waals surface area contributed by atoms with Gasteiger partial charge in [0.1, 0.15) is 0 Å². The van der Waals surface area contributed by atoms with E-state index < -0.39 is 0 Å². The molecule has 1 heterocycles. The minimum absolute atomic E-state index is 0. The molecule has 0 spiro atoms. The highest BCUT2D eigenvalue weighted by Gasteiger charge is 2.15. The van der Waals surface area contributed by atoms with E-state index in [9.17, 15) is 4.79 Å². The second-order valence-electron chi connectivity index (χ2n) is 4.83. The molecular formula is C13H27ClN2O3. The molecule has 1 rings (SSSR count). The fourth-order valence-electron chi connectivity index (χ4n) is 2.04. The molecule has 0 aromatic rings. The van der Waals surface area contributed by atoms with Crippen molar-refractivity contribution in [3.63, 3.8) is 0 Å². The van der Waals surface area contributed by atoms with Gasteiger partial charge in [-0.2, -0.15) is 0 Å². The van der Waals surface area contributed by atoms with Crippen LogP contribution in [-0.4, -0.2) is 64.4 Å². The Labute approximate surface area is 122 Å². The number of rotatable bonds is 8. The fourth-order valence-corrected chi connectivity index (χ4v) is 2.04. The van der Waals surface area contributed by atoms with Gasteiger partial charge in [0.25, 0.3) is 0 Å². The molecule has 0 bridgehead atoms. The number of hydrogen-bond acceptors (Lipinski definition) is 4. The summed E-state index contributed by atoms with van der Waals surface area (Å²) in [6, 6.07) is 0. The second-order valence-corrected chi connectivity index (χ2v) is 4.83. The van der Waals surface area contributed by atoms with Crippen LogP contribution in [0.3, 0.4) is 0 Å². The number of amides is 1. The van der Waals surface area contributed by atoms with E-state index in [1.165, 1.54) is 0 Å². The summed E-state index contributed by atoms with van der Waals surface area (Å²) in [5.41, 5.74) is 0. The van der Waals surface area contributed by atoms with Gasteiger partial charge in [-0.3, -0.25) is 4.79 Å². The Morgan fingerprint density at radius 3 is 2.74 bits per heavy atom. The van der Waals surface area contributed by atoms with Crippen molar-refractivity contribution in [2.45, 2.75) is 19.3 Å². The summed E-state index contributed by atoms with van der Waals surface area (Å²) >= 11 is 0. The van der Waals surface area contributed by atoms with Gasteiger partial charge in [0.2, 0.25) is 5.91 Å². The summed E-state index contributed by atoms with van der Waals surface area (Å²) < 4.78 is 10.2. The van der Waals surface area contributed by atoms with Gasteiger partial charge in [-0.1, -0.05) is 0 Å². The largest absolute Gasteiger partial charge is 0.383 e. The van der Waals surface area contributed by atoms with E-state index in [-0.39, 0.29) is 18.3 Å². The fraction of sp³-hybridized carbons (Fsp3) is 0.923. The van der Waals surface area contributed by atoms with Crippen LogP contribution in [0.15, 0.2) is 0 Å². The van der Waals surface area contributed by atoms with Crippen LogP contribution < -0.4 is 5.32 Å². The van der Waals surface area contributed by atoms with Crippen LogP contribution >= 0.6 is 12.4 Å². The molecular weight excluding hydrogens is 268 g/mol. The second kappa shape index (κ2) is 11.5. The summed E-state index contributed by atoms with van der Waals surface area (Å²) in [6.45, 7) is 4.35. The van der Waals surface area contributed by atoms with Crippen LogP contribution in [0.2, 0.25) is 0 Å². The molecule has 1 fully saturated rings. The van der Waals surface area contributed by atoms with Crippen molar-refractivity contribution in [3.05, 3.63) is 0 Å². The van der Waals surface area contributed by atoms with Crippen LogP contribution in [-0.2, 0) is 14.3 Å². The SMILES string of the molecule is COCCNCC(=O)N(C)CCC1CCOCC1.Cl. The highest BCUT2D eigenvalue weighted by Crippen LogP contribution is 2.18. The molecule has 6 heteroatoms. The van der Waals surface area contributed by atoms with Crippen LogP contribution in [0.25, 0.3) is 0 Å². The summed E-state index contributed by atoms with van der Waals surface area (Å²) in [5, 5.41) is 3.07. The lowest BCUT2D eigenvalue weighted by Gasteiger charge is -2.25. The highest BCUT2D eigenvalue weighted by molar-refractivity contribution is 5.85. The quantitative estimate of drug-likeness (QED) is 0.677. The van der Waals surface area contributed by atoms with Gasteiger partial charge in [-0.15, -0.1) is 12.4 Å². The first-order valence-corrected chi connectivity index (χ1v) is 6.75. The van der Waals surface area contributed by atoms with E-state index in [0.717, 1.165) is 51.5 Å². The molecule has 0 radical (unpaired) electrons. The number of carbonyl (C=O) groups is 1. The minimum atomic E-state index is 0. The number of methoxy groups -OCH3 is 1. The van der Waals surface area contributed by atoms with E-state index >= 15 is 0 Å².